The number of hydrogen-bond donors (Lipinski definition) is 0. The summed E-state index contributed by atoms with van der Waals surface area (Å²) in [5.41, 5.74) is -2.01. The van der Waals surface area contributed by atoms with Gasteiger partial charge in [-0.1, -0.05) is 11.6 Å². The molecule has 0 aliphatic carbocycles. The van der Waals surface area contributed by atoms with Gasteiger partial charge in [0.2, 0.25) is 5.91 Å². The summed E-state index contributed by atoms with van der Waals surface area (Å²) in [6, 6.07) is 3.42. The molecule has 2 amide bonds. The molecule has 1 fully saturated rings. The third kappa shape index (κ3) is 2.62. The monoisotopic (exact) mass is 382 g/mol. The van der Waals surface area contributed by atoms with Crippen molar-refractivity contribution in [2.75, 3.05) is 11.5 Å². The molecule has 1 aromatic carbocycles. The van der Waals surface area contributed by atoms with Crippen molar-refractivity contribution >= 4 is 40.8 Å². The second-order valence-electron chi connectivity index (χ2n) is 5.66. The molecular formula is C15H12ClFN4O5. The second-order valence-corrected chi connectivity index (χ2v) is 6.06. The Morgan fingerprint density at radius 2 is 2.15 bits per heavy atom. The molecule has 0 aromatic heterocycles. The molecule has 1 spiro atoms. The largest absolute Gasteiger partial charge is 0.461 e. The van der Waals surface area contributed by atoms with Crippen LogP contribution in [-0.2, 0) is 19.1 Å². The second kappa shape index (κ2) is 6.45. The van der Waals surface area contributed by atoms with E-state index in [1.807, 2.05) is 0 Å². The number of hydrogen-bond acceptors (Lipinski definition) is 7. The summed E-state index contributed by atoms with van der Waals surface area (Å²) in [6.07, 6.45) is -0.775. The lowest BCUT2D eigenvalue weighted by atomic mass is 9.92. The Morgan fingerprint density at radius 1 is 1.42 bits per heavy atom. The van der Waals surface area contributed by atoms with Gasteiger partial charge in [0.25, 0.3) is 5.91 Å². The normalized spacial score (nSPS) is 22.2. The fourth-order valence-corrected chi connectivity index (χ4v) is 3.04. The van der Waals surface area contributed by atoms with Gasteiger partial charge in [0.1, 0.15) is 5.82 Å². The van der Waals surface area contributed by atoms with Crippen molar-refractivity contribution < 1.29 is 23.5 Å². The number of rotatable bonds is 4. The van der Waals surface area contributed by atoms with E-state index in [0.29, 0.717) is 5.12 Å². The van der Waals surface area contributed by atoms with Crippen molar-refractivity contribution in [3.8, 4) is 0 Å². The number of carbonyl (C=O) groups excluding carboxylic acids is 3. The fourth-order valence-electron chi connectivity index (χ4n) is 2.92. The van der Waals surface area contributed by atoms with Gasteiger partial charge < -0.3 is 4.74 Å². The number of nitrogens with zero attached hydrogens (tertiary/aromatic N) is 4. The van der Waals surface area contributed by atoms with Gasteiger partial charge >= 0.3 is 5.97 Å². The van der Waals surface area contributed by atoms with Gasteiger partial charge in [-0.2, -0.15) is 0 Å². The molecule has 1 saturated heterocycles. The van der Waals surface area contributed by atoms with E-state index < -0.39 is 35.6 Å². The van der Waals surface area contributed by atoms with E-state index in [-0.39, 0.29) is 29.4 Å². The maximum Gasteiger partial charge on any atom is 0.354 e. The van der Waals surface area contributed by atoms with Crippen LogP contribution in [0.3, 0.4) is 0 Å². The Bertz CT molecular complexity index is 860. The molecule has 136 valence electrons. The molecule has 0 radical (unpaired) electrons. The first-order valence-electron chi connectivity index (χ1n) is 7.54. The highest BCUT2D eigenvalue weighted by Gasteiger charge is 2.61. The number of anilines is 1. The summed E-state index contributed by atoms with van der Waals surface area (Å²) in [7, 11) is 0. The molecule has 9 nitrogen and oxygen atoms in total. The molecular weight excluding hydrogens is 371 g/mol. The maximum absolute atomic E-state index is 13.7. The van der Waals surface area contributed by atoms with Crippen LogP contribution in [0.5, 0.6) is 0 Å². The number of ether oxygens (including phenoxy) is 1. The van der Waals surface area contributed by atoms with Crippen molar-refractivity contribution in [2.45, 2.75) is 25.3 Å². The van der Waals surface area contributed by atoms with Gasteiger partial charge in [0, 0.05) is 6.42 Å². The van der Waals surface area contributed by atoms with Gasteiger partial charge in [-0.3, -0.25) is 9.59 Å². The van der Waals surface area contributed by atoms with Crippen molar-refractivity contribution in [2.24, 2.45) is 10.4 Å². The fraction of sp³-hybridized carbons (Fsp3) is 0.333. The minimum absolute atomic E-state index is 0.0470. The number of benzene rings is 1. The number of imide groups is 1. The number of halogens is 2. The van der Waals surface area contributed by atoms with E-state index in [4.69, 9.17) is 16.3 Å². The van der Waals surface area contributed by atoms with Crippen LogP contribution in [0, 0.1) is 10.7 Å². The summed E-state index contributed by atoms with van der Waals surface area (Å²) >= 11 is 5.61. The van der Waals surface area contributed by atoms with Crippen molar-refractivity contribution in [3.05, 3.63) is 33.9 Å². The van der Waals surface area contributed by atoms with E-state index in [9.17, 15) is 23.7 Å². The molecule has 11 heteroatoms. The lowest BCUT2D eigenvalue weighted by molar-refractivity contribution is -0.135. The SMILES string of the molecule is CCOC(=O)C1=NN(N=O)[C@]2(CC(=O)N(c3ccc(Cl)c(F)c3)C2=O)C1. The van der Waals surface area contributed by atoms with Crippen LogP contribution < -0.4 is 4.90 Å². The number of carbonyl (C=O) groups is 3. The quantitative estimate of drug-likeness (QED) is 0.446. The number of esters is 1. The Balaban J connectivity index is 1.96. The molecule has 0 bridgehead atoms. The Morgan fingerprint density at radius 3 is 2.77 bits per heavy atom. The Hall–Kier alpha value is -2.88. The molecule has 2 heterocycles. The van der Waals surface area contributed by atoms with E-state index in [1.54, 1.807) is 6.92 Å². The Labute approximate surface area is 151 Å². The average molecular weight is 383 g/mol. The van der Waals surface area contributed by atoms with E-state index >= 15 is 0 Å². The van der Waals surface area contributed by atoms with Crippen LogP contribution in [0.25, 0.3) is 0 Å². The van der Waals surface area contributed by atoms with E-state index in [0.717, 1.165) is 11.0 Å². The number of hydrazone groups is 1. The minimum atomic E-state index is -1.77. The van der Waals surface area contributed by atoms with Crippen LogP contribution in [0.4, 0.5) is 10.1 Å². The standard InChI is InChI=1S/C15H12ClFN4O5/c1-2-26-13(23)11-6-15(21(18-11)19-25)7-12(22)20(14(15)24)8-3-4-9(16)10(17)5-8/h3-5H,2,6-7H2,1H3/t15-/m0/s1. The van der Waals surface area contributed by atoms with Gasteiger partial charge in [-0.05, 0) is 25.1 Å². The first-order valence-corrected chi connectivity index (χ1v) is 7.92. The lowest BCUT2D eigenvalue weighted by Crippen LogP contribution is -2.48. The summed E-state index contributed by atoms with van der Waals surface area (Å²) in [6.45, 7) is 1.66. The predicted molar refractivity (Wildman–Crippen MR) is 87.6 cm³/mol. The highest BCUT2D eigenvalue weighted by molar-refractivity contribution is 6.39. The van der Waals surface area contributed by atoms with Crippen molar-refractivity contribution in [1.29, 1.82) is 0 Å². The van der Waals surface area contributed by atoms with Gasteiger partial charge in [-0.15, -0.1) is 15.1 Å². The van der Waals surface area contributed by atoms with Gasteiger partial charge in [0.15, 0.2) is 11.3 Å². The van der Waals surface area contributed by atoms with Crippen LogP contribution in [-0.4, -0.2) is 40.8 Å². The maximum atomic E-state index is 13.7. The third-order valence-electron chi connectivity index (χ3n) is 4.10. The summed E-state index contributed by atoms with van der Waals surface area (Å²) < 4.78 is 18.5. The van der Waals surface area contributed by atoms with Crippen LogP contribution in [0.15, 0.2) is 28.6 Å². The minimum Gasteiger partial charge on any atom is -0.461 e. The summed E-state index contributed by atoms with van der Waals surface area (Å²) in [5, 5.41) is 6.69. The molecule has 1 atom stereocenters. The summed E-state index contributed by atoms with van der Waals surface area (Å²) in [5.74, 6) is -3.15. The topological polar surface area (TPSA) is 109 Å². The highest BCUT2D eigenvalue weighted by Crippen LogP contribution is 2.41. The smallest absolute Gasteiger partial charge is 0.354 e. The zero-order valence-corrected chi connectivity index (χ0v) is 14.2. The zero-order chi connectivity index (χ0) is 19.1. The molecule has 0 N–H and O–H groups in total. The van der Waals surface area contributed by atoms with Crippen molar-refractivity contribution in [1.82, 2.24) is 5.12 Å². The number of amides is 2. The first-order chi connectivity index (χ1) is 12.3. The molecule has 3 rings (SSSR count). The molecule has 0 saturated carbocycles. The first kappa shape index (κ1) is 17.9. The van der Waals surface area contributed by atoms with Gasteiger partial charge in [0.05, 0.1) is 29.0 Å². The van der Waals surface area contributed by atoms with E-state index in [1.165, 1.54) is 12.1 Å². The highest BCUT2D eigenvalue weighted by atomic mass is 35.5. The average Bonchev–Trinajstić information content (AvgIpc) is 3.09. The molecule has 1 aromatic rings. The van der Waals surface area contributed by atoms with Gasteiger partial charge in [-0.25, -0.2) is 14.1 Å². The molecule has 2 aliphatic heterocycles. The number of nitroso groups, excluding NO2 is 1. The molecule has 0 unspecified atom stereocenters. The van der Waals surface area contributed by atoms with E-state index in [2.05, 4.69) is 10.4 Å². The third-order valence-corrected chi connectivity index (χ3v) is 4.41. The lowest BCUT2D eigenvalue weighted by Gasteiger charge is -2.24. The zero-order valence-electron chi connectivity index (χ0n) is 13.4. The predicted octanol–water partition coefficient (Wildman–Crippen LogP) is 1.79. The molecule has 26 heavy (non-hydrogen) atoms. The van der Waals surface area contributed by atoms with Crippen LogP contribution in [0.2, 0.25) is 5.02 Å². The Kier molecular flexibility index (Phi) is 4.45. The van der Waals surface area contributed by atoms with Crippen LogP contribution >= 0.6 is 11.6 Å². The summed E-state index contributed by atoms with van der Waals surface area (Å²) in [4.78, 5) is 49.1. The van der Waals surface area contributed by atoms with Crippen LogP contribution in [0.1, 0.15) is 19.8 Å². The molecule has 2 aliphatic rings. The van der Waals surface area contributed by atoms with Crippen molar-refractivity contribution in [3.63, 3.8) is 0 Å².